The molecule has 0 aliphatic heterocycles. The Morgan fingerprint density at radius 1 is 0.510 bits per heavy atom. The Labute approximate surface area is 554 Å². The van der Waals surface area contributed by atoms with Gasteiger partial charge in [0, 0.05) is 36.6 Å². The second kappa shape index (κ2) is 39.0. The number of ether oxygens (including phenoxy) is 3. The second-order valence-corrected chi connectivity index (χ2v) is 20.6. The molecule has 0 bridgehead atoms. The van der Waals surface area contributed by atoms with Gasteiger partial charge >= 0.3 is 60.4 Å². The quantitative estimate of drug-likeness (QED) is 0.0172. The summed E-state index contributed by atoms with van der Waals surface area (Å²) in [5.41, 5.74) is -0.121. The normalized spacial score (nSPS) is 12.6. The molecule has 96 heavy (non-hydrogen) atoms. The number of nitrogens with zero attached hydrogens (tertiary/aromatic N) is 1. The number of benzene rings is 6. The first kappa shape index (κ1) is 83.7. The summed E-state index contributed by atoms with van der Waals surface area (Å²) in [4.78, 5) is 59.4. The number of urea groups is 2. The smallest absolute Gasteiger partial charge is 0.461 e. The van der Waals surface area contributed by atoms with Crippen molar-refractivity contribution in [1.29, 1.82) is 0 Å². The van der Waals surface area contributed by atoms with Crippen LogP contribution in [0.5, 0.6) is 11.5 Å². The fourth-order valence-electron chi connectivity index (χ4n) is 8.34. The van der Waals surface area contributed by atoms with Gasteiger partial charge in [0.2, 0.25) is 0 Å². The highest BCUT2D eigenvalue weighted by Crippen LogP contribution is 2.40. The Morgan fingerprint density at radius 3 is 1.10 bits per heavy atom. The number of hydrogen-bond donors (Lipinski definition) is 6. The highest BCUT2D eigenvalue weighted by Gasteiger charge is 2.47. The van der Waals surface area contributed by atoms with E-state index in [0.717, 1.165) is 72.8 Å². The van der Waals surface area contributed by atoms with Gasteiger partial charge in [0.25, 0.3) is 5.91 Å². The van der Waals surface area contributed by atoms with Gasteiger partial charge in [-0.05, 0) is 108 Å². The first-order valence-corrected chi connectivity index (χ1v) is 29.3. The van der Waals surface area contributed by atoms with Gasteiger partial charge in [0.05, 0.1) is 36.1 Å². The van der Waals surface area contributed by atoms with E-state index in [2.05, 4.69) is 56.2 Å². The Balaban J connectivity index is 0.000000532. The SMILES string of the molecule is CCN(CC)CC.CCOC(=O)Cl.ClCCl.NC(=O)C(F)(F)CNC(=O)N[C@](Cc1ccccc1)(c1ccc(F)cc1)c1cc(F)cc(OC(F)(F)C(F)F)c1.O=C(NCC(F)(F)C(=O)O)N[C@](Cc1ccccc1)(c1ccc(F)cc1)c1cc(F)cc(OC(F)(F)C(F)F)c1. The summed E-state index contributed by atoms with van der Waals surface area (Å²) in [7, 11) is 0. The topological polar surface area (TPSA) is 211 Å². The summed E-state index contributed by atoms with van der Waals surface area (Å²) < 4.78 is 230. The molecule has 528 valence electrons. The number of carbonyl (C=O) groups is 5. The molecule has 34 heteroatoms. The lowest BCUT2D eigenvalue weighted by molar-refractivity contribution is -0.253. The van der Waals surface area contributed by atoms with E-state index in [4.69, 9.17) is 39.9 Å². The molecule has 0 saturated heterocycles. The molecule has 6 rings (SSSR count). The third kappa shape index (κ3) is 27.0. The Morgan fingerprint density at radius 2 is 0.844 bits per heavy atom. The van der Waals surface area contributed by atoms with Gasteiger partial charge in [-0.2, -0.15) is 52.7 Å². The maximum absolute atomic E-state index is 14.7. The van der Waals surface area contributed by atoms with E-state index >= 15 is 0 Å². The van der Waals surface area contributed by atoms with E-state index in [1.54, 1.807) is 66.1 Å². The monoisotopic (exact) mass is 1440 g/mol. The van der Waals surface area contributed by atoms with Crippen molar-refractivity contribution in [3.8, 4) is 11.5 Å². The van der Waals surface area contributed by atoms with E-state index in [1.165, 1.54) is 31.8 Å². The molecule has 0 aliphatic rings. The fourth-order valence-corrected chi connectivity index (χ4v) is 8.45. The molecule has 0 fully saturated rings. The molecule has 6 aromatic carbocycles. The number of carbonyl (C=O) groups excluding carboxylic acids is 4. The number of nitrogens with two attached hydrogens (primary N) is 1. The average molecular weight is 1450 g/mol. The van der Waals surface area contributed by atoms with E-state index in [0.29, 0.717) is 29.9 Å². The number of carboxylic acids is 1. The van der Waals surface area contributed by atoms with Gasteiger partial charge in [-0.3, -0.25) is 4.79 Å². The van der Waals surface area contributed by atoms with Gasteiger partial charge < -0.3 is 51.2 Å². The molecule has 0 unspecified atom stereocenters. The fraction of sp³-hybridized carbons (Fsp3) is 0.339. The summed E-state index contributed by atoms with van der Waals surface area (Å²) in [6, 6.07) is 25.1. The molecule has 0 aromatic heterocycles. The van der Waals surface area contributed by atoms with Crippen LogP contribution in [0.15, 0.2) is 146 Å². The van der Waals surface area contributed by atoms with E-state index in [1.807, 2.05) is 0 Å². The minimum atomic E-state index is -5.03. The van der Waals surface area contributed by atoms with Crippen molar-refractivity contribution >= 4 is 64.2 Å². The predicted molar refractivity (Wildman–Crippen MR) is 323 cm³/mol. The zero-order chi connectivity index (χ0) is 72.8. The number of carboxylic acid groups (broad SMARTS) is 1. The summed E-state index contributed by atoms with van der Waals surface area (Å²) in [6.45, 7) is 8.96. The van der Waals surface area contributed by atoms with Gasteiger partial charge in [-0.25, -0.2) is 36.7 Å². The molecule has 0 heterocycles. The first-order chi connectivity index (χ1) is 44.8. The number of primary amides is 1. The summed E-state index contributed by atoms with van der Waals surface area (Å²) in [5.74, 6) is -19.2. The average Bonchev–Trinajstić information content (AvgIpc) is 0.768. The Bertz CT molecular complexity index is 3190. The first-order valence-electron chi connectivity index (χ1n) is 27.8. The Kier molecular flexibility index (Phi) is 34.0. The lowest BCUT2D eigenvalue weighted by atomic mass is 9.77. The molecular weight excluding hydrogens is 1380 g/mol. The lowest BCUT2D eigenvalue weighted by Gasteiger charge is -2.37. The van der Waals surface area contributed by atoms with Crippen LogP contribution in [0.1, 0.15) is 61.1 Å². The molecular formula is C62H63Cl3F16N6O9. The number of hydrogen-bond acceptors (Lipinski definition) is 9. The lowest BCUT2D eigenvalue weighted by Crippen LogP contribution is -2.55. The van der Waals surface area contributed by atoms with Crippen LogP contribution >= 0.6 is 34.8 Å². The van der Waals surface area contributed by atoms with Crippen molar-refractivity contribution in [2.75, 3.05) is 44.7 Å². The van der Waals surface area contributed by atoms with Crippen molar-refractivity contribution in [3.05, 3.63) is 202 Å². The summed E-state index contributed by atoms with van der Waals surface area (Å²) in [5, 5.41) is 17.0. The number of aliphatic carboxylic acids is 1. The number of halogens is 19. The molecule has 0 saturated carbocycles. The largest absolute Gasteiger partial charge is 0.477 e. The summed E-state index contributed by atoms with van der Waals surface area (Å²) in [6.07, 6.45) is -19.3. The van der Waals surface area contributed by atoms with Crippen molar-refractivity contribution in [2.24, 2.45) is 5.73 Å². The predicted octanol–water partition coefficient (Wildman–Crippen LogP) is 15.0. The second-order valence-electron chi connectivity index (χ2n) is 19.5. The third-order valence-corrected chi connectivity index (χ3v) is 13.0. The molecule has 7 N–H and O–H groups in total. The molecule has 5 amide bonds. The number of alkyl halides is 14. The van der Waals surface area contributed by atoms with Crippen LogP contribution in [0.3, 0.4) is 0 Å². The molecule has 0 radical (unpaired) electrons. The van der Waals surface area contributed by atoms with Crippen LogP contribution in [0.25, 0.3) is 0 Å². The zero-order valence-electron chi connectivity index (χ0n) is 50.8. The standard InChI is InChI=1S/C26H21F8N3O3.C26H20F8N2O4.C6H15N.C3H5ClO2.CH2Cl2/c27-18-8-6-16(7-9-18)24(13-15-4-2-1-3-5-15,37-23(39)36-14-25(31,32)22(35)38)17-10-19(28)12-20(11-17)40-26(33,34)21(29)30;27-18-8-6-16(7-9-18)24(13-15-4-2-1-3-5-15,36-23(39)35-14-25(31,32)22(37)38)17-10-19(28)12-20(11-17)40-26(33,34)21(29)30;1-4-7(5-2)6-3;1-2-6-3(4)5;2-1-3/h1-12,21H,13-14H2,(H2,35,38)(H2,36,37,39);1-12,21H,13-14H2,(H,37,38)(H2,35,36,39);4-6H2,1-3H3;2H2,1H3;1H2/t2*24-;;;/m11.../s1. The number of nitrogens with one attached hydrogen (secondary N) is 4. The van der Waals surface area contributed by atoms with Crippen LogP contribution in [-0.2, 0) is 38.2 Å². The Hall–Kier alpha value is -8.42. The molecule has 6 aromatic rings. The van der Waals surface area contributed by atoms with Gasteiger partial charge in [0.15, 0.2) is 0 Å². The number of amides is 5. The highest BCUT2D eigenvalue weighted by atomic mass is 35.5. The molecule has 2 atom stereocenters. The minimum absolute atomic E-state index is 0.00624. The van der Waals surface area contributed by atoms with Crippen LogP contribution < -0.4 is 36.5 Å². The van der Waals surface area contributed by atoms with Crippen LogP contribution in [0, 0.1) is 23.3 Å². The van der Waals surface area contributed by atoms with Crippen LogP contribution in [0.4, 0.5) is 84.6 Å². The van der Waals surface area contributed by atoms with Crippen molar-refractivity contribution < 1.29 is 114 Å². The van der Waals surface area contributed by atoms with Crippen molar-refractivity contribution in [2.45, 2.75) is 88.5 Å². The molecule has 15 nitrogen and oxygen atoms in total. The van der Waals surface area contributed by atoms with Gasteiger partial charge in [-0.1, -0.05) is 106 Å². The van der Waals surface area contributed by atoms with Crippen LogP contribution in [0.2, 0.25) is 0 Å². The van der Waals surface area contributed by atoms with E-state index in [9.17, 15) is 94.2 Å². The molecule has 0 spiro atoms. The van der Waals surface area contributed by atoms with Gasteiger partial charge in [0.1, 0.15) is 34.8 Å². The minimum Gasteiger partial charge on any atom is -0.477 e. The highest BCUT2D eigenvalue weighted by molar-refractivity contribution is 6.61. The maximum Gasteiger partial charge on any atom is 0.461 e. The maximum atomic E-state index is 14.7. The zero-order valence-corrected chi connectivity index (χ0v) is 53.1. The van der Waals surface area contributed by atoms with Crippen molar-refractivity contribution in [1.82, 2.24) is 26.2 Å². The van der Waals surface area contributed by atoms with E-state index in [-0.39, 0.29) is 40.4 Å². The van der Waals surface area contributed by atoms with Gasteiger partial charge in [-0.15, -0.1) is 23.2 Å². The van der Waals surface area contributed by atoms with Crippen LogP contribution in [-0.4, -0.2) is 121 Å². The number of rotatable bonds is 26. The van der Waals surface area contributed by atoms with E-state index < -0.39 is 125 Å². The third-order valence-electron chi connectivity index (χ3n) is 12.9. The summed E-state index contributed by atoms with van der Waals surface area (Å²) >= 11 is 14.2. The van der Waals surface area contributed by atoms with Crippen molar-refractivity contribution in [3.63, 3.8) is 0 Å². The molecule has 0 aliphatic carbocycles.